The Hall–Kier alpha value is -0.590. The number of nitrogens with one attached hydrogen (secondary N) is 2. The molecule has 0 aromatic carbocycles. The van der Waals surface area contributed by atoms with E-state index in [1.54, 1.807) is 0 Å². The zero-order chi connectivity index (χ0) is 13.2. The van der Waals surface area contributed by atoms with Gasteiger partial charge in [0.05, 0.1) is 22.8 Å². The summed E-state index contributed by atoms with van der Waals surface area (Å²) < 4.78 is 1.39. The lowest BCUT2D eigenvalue weighted by Crippen LogP contribution is -2.43. The number of aromatic nitrogens is 2. The molecule has 0 aliphatic carbocycles. The van der Waals surface area contributed by atoms with Crippen LogP contribution in [0.5, 0.6) is 0 Å². The van der Waals surface area contributed by atoms with E-state index in [0.717, 1.165) is 49.8 Å². The van der Waals surface area contributed by atoms with Crippen LogP contribution in [-0.2, 0) is 6.54 Å². The van der Waals surface area contributed by atoms with Crippen molar-refractivity contribution in [3.8, 4) is 11.3 Å². The average molecular weight is 317 g/mol. The van der Waals surface area contributed by atoms with Crippen molar-refractivity contribution in [1.82, 2.24) is 20.2 Å². The summed E-state index contributed by atoms with van der Waals surface area (Å²) in [5.41, 5.74) is 1.86. The molecular formula is C12H14Cl2N4S. The minimum Gasteiger partial charge on any atom is -0.341 e. The Balaban J connectivity index is 1.74. The Morgan fingerprint density at radius 1 is 1.32 bits per heavy atom. The van der Waals surface area contributed by atoms with Crippen LogP contribution < -0.4 is 5.32 Å². The number of nitrogens with zero attached hydrogens (tertiary/aromatic N) is 2. The molecule has 1 saturated heterocycles. The fourth-order valence-electron chi connectivity index (χ4n) is 2.18. The quantitative estimate of drug-likeness (QED) is 0.915. The molecule has 1 fully saturated rings. The predicted molar refractivity (Wildman–Crippen MR) is 80.1 cm³/mol. The first-order chi connectivity index (χ1) is 9.22. The second-order valence-corrected chi connectivity index (χ2v) is 6.79. The van der Waals surface area contributed by atoms with Gasteiger partial charge in [-0.3, -0.25) is 4.90 Å². The van der Waals surface area contributed by atoms with Crippen LogP contribution in [0.2, 0.25) is 8.67 Å². The summed E-state index contributed by atoms with van der Waals surface area (Å²) in [6, 6.07) is 1.87. The van der Waals surface area contributed by atoms with Crippen LogP contribution in [0.1, 0.15) is 5.82 Å². The van der Waals surface area contributed by atoms with Crippen LogP contribution in [0.15, 0.2) is 12.3 Å². The highest BCUT2D eigenvalue weighted by Gasteiger charge is 2.14. The average Bonchev–Trinajstić information content (AvgIpc) is 2.97. The van der Waals surface area contributed by atoms with E-state index >= 15 is 0 Å². The van der Waals surface area contributed by atoms with Crippen LogP contribution in [0.3, 0.4) is 0 Å². The van der Waals surface area contributed by atoms with E-state index in [2.05, 4.69) is 20.2 Å². The zero-order valence-electron chi connectivity index (χ0n) is 10.2. The molecule has 1 aliphatic heterocycles. The highest BCUT2D eigenvalue weighted by atomic mass is 35.5. The minimum atomic E-state index is 0.693. The van der Waals surface area contributed by atoms with Gasteiger partial charge in [-0.1, -0.05) is 23.2 Å². The molecule has 102 valence electrons. The SMILES string of the molecule is Clc1cc(-c2cnc(CN3CCNCC3)[nH]2)c(Cl)s1. The lowest BCUT2D eigenvalue weighted by atomic mass is 10.3. The highest BCUT2D eigenvalue weighted by Crippen LogP contribution is 2.37. The van der Waals surface area contributed by atoms with Gasteiger partial charge >= 0.3 is 0 Å². The molecule has 1 aliphatic rings. The first-order valence-electron chi connectivity index (χ1n) is 6.14. The maximum absolute atomic E-state index is 6.15. The lowest BCUT2D eigenvalue weighted by molar-refractivity contribution is 0.228. The fourth-order valence-corrected chi connectivity index (χ4v) is 3.68. The second-order valence-electron chi connectivity index (χ2n) is 4.51. The van der Waals surface area contributed by atoms with Gasteiger partial charge in [0.15, 0.2) is 0 Å². The molecular weight excluding hydrogens is 303 g/mol. The number of thiophene rings is 1. The Morgan fingerprint density at radius 3 is 2.79 bits per heavy atom. The number of imidazole rings is 1. The number of halogens is 2. The molecule has 2 aromatic heterocycles. The van der Waals surface area contributed by atoms with Gasteiger partial charge in [-0.2, -0.15) is 0 Å². The van der Waals surface area contributed by atoms with Gasteiger partial charge in [0, 0.05) is 31.7 Å². The molecule has 0 spiro atoms. The molecule has 2 aromatic rings. The Labute approximate surface area is 125 Å². The fraction of sp³-hybridized carbons (Fsp3) is 0.417. The number of aromatic amines is 1. The summed E-state index contributed by atoms with van der Waals surface area (Å²) >= 11 is 13.5. The van der Waals surface area contributed by atoms with Crippen LogP contribution in [0.4, 0.5) is 0 Å². The molecule has 19 heavy (non-hydrogen) atoms. The normalized spacial score (nSPS) is 16.9. The Kier molecular flexibility index (Phi) is 4.10. The van der Waals surface area contributed by atoms with Crippen molar-refractivity contribution in [2.75, 3.05) is 26.2 Å². The number of hydrogen-bond acceptors (Lipinski definition) is 4. The number of piperazine rings is 1. The summed E-state index contributed by atoms with van der Waals surface area (Å²) in [6.45, 7) is 5.04. The molecule has 7 heteroatoms. The van der Waals surface area contributed by atoms with Crippen molar-refractivity contribution in [2.45, 2.75) is 6.54 Å². The van der Waals surface area contributed by atoms with Gasteiger partial charge < -0.3 is 10.3 Å². The third-order valence-corrected chi connectivity index (χ3v) is 4.65. The maximum atomic E-state index is 6.15. The van der Waals surface area contributed by atoms with Crippen LogP contribution >= 0.6 is 34.5 Å². The summed E-state index contributed by atoms with van der Waals surface area (Å²) in [5, 5.41) is 3.34. The zero-order valence-corrected chi connectivity index (χ0v) is 12.6. The van der Waals surface area contributed by atoms with Gasteiger partial charge in [0.1, 0.15) is 10.2 Å². The van der Waals surface area contributed by atoms with Crippen molar-refractivity contribution in [2.24, 2.45) is 0 Å². The van der Waals surface area contributed by atoms with Gasteiger partial charge in [0.25, 0.3) is 0 Å². The summed E-state index contributed by atoms with van der Waals surface area (Å²) in [4.78, 5) is 10.1. The van der Waals surface area contributed by atoms with Crippen molar-refractivity contribution in [3.05, 3.63) is 26.8 Å². The largest absolute Gasteiger partial charge is 0.341 e. The maximum Gasteiger partial charge on any atom is 0.120 e. The Bertz CT molecular complexity index is 560. The number of H-pyrrole nitrogens is 1. The van der Waals surface area contributed by atoms with Crippen molar-refractivity contribution < 1.29 is 0 Å². The van der Waals surface area contributed by atoms with Crippen molar-refractivity contribution in [1.29, 1.82) is 0 Å². The van der Waals surface area contributed by atoms with E-state index in [1.807, 2.05) is 12.3 Å². The molecule has 0 radical (unpaired) electrons. The smallest absolute Gasteiger partial charge is 0.120 e. The molecule has 0 saturated carbocycles. The van der Waals surface area contributed by atoms with Crippen LogP contribution in [0.25, 0.3) is 11.3 Å². The van der Waals surface area contributed by atoms with E-state index in [0.29, 0.717) is 8.67 Å². The van der Waals surface area contributed by atoms with Crippen molar-refractivity contribution in [3.63, 3.8) is 0 Å². The molecule has 0 unspecified atom stereocenters. The first kappa shape index (κ1) is 13.4. The van der Waals surface area contributed by atoms with E-state index < -0.39 is 0 Å². The Morgan fingerprint density at radius 2 is 2.11 bits per heavy atom. The number of hydrogen-bond donors (Lipinski definition) is 2. The lowest BCUT2D eigenvalue weighted by Gasteiger charge is -2.26. The summed E-state index contributed by atoms with van der Waals surface area (Å²) in [6.07, 6.45) is 1.82. The first-order valence-corrected chi connectivity index (χ1v) is 7.72. The molecule has 2 N–H and O–H groups in total. The molecule has 0 amide bonds. The van der Waals surface area contributed by atoms with Crippen LogP contribution in [0, 0.1) is 0 Å². The third kappa shape index (κ3) is 3.12. The van der Waals surface area contributed by atoms with Gasteiger partial charge in [-0.25, -0.2) is 4.98 Å². The van der Waals surface area contributed by atoms with Gasteiger partial charge in [-0.15, -0.1) is 11.3 Å². The highest BCUT2D eigenvalue weighted by molar-refractivity contribution is 7.20. The van der Waals surface area contributed by atoms with E-state index in [9.17, 15) is 0 Å². The van der Waals surface area contributed by atoms with E-state index in [-0.39, 0.29) is 0 Å². The molecule has 4 nitrogen and oxygen atoms in total. The second kappa shape index (κ2) is 5.81. The third-order valence-electron chi connectivity index (χ3n) is 3.16. The van der Waals surface area contributed by atoms with Crippen LogP contribution in [-0.4, -0.2) is 41.0 Å². The molecule has 0 bridgehead atoms. The minimum absolute atomic E-state index is 0.693. The van der Waals surface area contributed by atoms with E-state index in [4.69, 9.17) is 23.2 Å². The monoisotopic (exact) mass is 316 g/mol. The van der Waals surface area contributed by atoms with Gasteiger partial charge in [0.2, 0.25) is 0 Å². The summed E-state index contributed by atoms with van der Waals surface area (Å²) in [7, 11) is 0. The standard InChI is InChI=1S/C12H14Cl2N4S/c13-10-5-8(12(14)19-10)9-6-16-11(17-9)7-18-3-1-15-2-4-18/h5-6,15H,1-4,7H2,(H,16,17). The predicted octanol–water partition coefficient (Wildman–Crippen LogP) is 2.85. The molecule has 3 heterocycles. The summed E-state index contributed by atoms with van der Waals surface area (Å²) in [5.74, 6) is 0.968. The van der Waals surface area contributed by atoms with Gasteiger partial charge in [-0.05, 0) is 6.07 Å². The van der Waals surface area contributed by atoms with E-state index in [1.165, 1.54) is 11.3 Å². The molecule has 3 rings (SSSR count). The molecule has 0 atom stereocenters. The number of rotatable bonds is 3. The topological polar surface area (TPSA) is 44.0 Å². The van der Waals surface area contributed by atoms with Crippen molar-refractivity contribution >= 4 is 34.5 Å².